The predicted molar refractivity (Wildman–Crippen MR) is 74.5 cm³/mol. The quantitative estimate of drug-likeness (QED) is 0.875. The molecule has 4 bridgehead atoms. The van der Waals surface area contributed by atoms with E-state index in [1.165, 1.54) is 32.1 Å². The standard InChI is InChI=1S/C16H24N2O/c17-9-14(15-2-1-3-19-15)18-16-12-5-10-4-11(7-12)8-13(16)6-10/h1-3,10-14,16,18H,4-9,17H2. The molecule has 0 radical (unpaired) electrons. The van der Waals surface area contributed by atoms with E-state index < -0.39 is 0 Å². The van der Waals surface area contributed by atoms with E-state index in [9.17, 15) is 0 Å². The van der Waals surface area contributed by atoms with Gasteiger partial charge in [-0.05, 0) is 67.9 Å². The number of nitrogens with one attached hydrogen (secondary N) is 1. The normalized spacial score (nSPS) is 41.6. The van der Waals surface area contributed by atoms with Gasteiger partial charge in [0.25, 0.3) is 0 Å². The van der Waals surface area contributed by atoms with Crippen LogP contribution in [0, 0.1) is 23.7 Å². The summed E-state index contributed by atoms with van der Waals surface area (Å²) in [6.45, 7) is 0.621. The first-order valence-corrected chi connectivity index (χ1v) is 7.83. The average Bonchev–Trinajstić information content (AvgIpc) is 2.91. The van der Waals surface area contributed by atoms with Crippen LogP contribution in [0.2, 0.25) is 0 Å². The minimum atomic E-state index is 0.192. The van der Waals surface area contributed by atoms with Crippen LogP contribution in [-0.4, -0.2) is 12.6 Å². The average molecular weight is 260 g/mol. The van der Waals surface area contributed by atoms with Crippen molar-refractivity contribution >= 4 is 0 Å². The van der Waals surface area contributed by atoms with Crippen LogP contribution < -0.4 is 11.1 Å². The minimum absolute atomic E-state index is 0.192. The molecule has 0 saturated heterocycles. The van der Waals surface area contributed by atoms with Gasteiger partial charge in [0.05, 0.1) is 12.3 Å². The van der Waals surface area contributed by atoms with Gasteiger partial charge in [-0.25, -0.2) is 0 Å². The largest absolute Gasteiger partial charge is 0.468 e. The number of rotatable bonds is 4. The predicted octanol–water partition coefficient (Wildman–Crippen LogP) is 2.69. The van der Waals surface area contributed by atoms with Crippen molar-refractivity contribution in [3.63, 3.8) is 0 Å². The molecule has 1 aromatic heterocycles. The van der Waals surface area contributed by atoms with Crippen LogP contribution >= 0.6 is 0 Å². The Hall–Kier alpha value is -0.800. The molecule has 5 rings (SSSR count). The molecule has 3 heteroatoms. The Morgan fingerprint density at radius 1 is 1.16 bits per heavy atom. The zero-order valence-corrected chi connectivity index (χ0v) is 11.4. The third kappa shape index (κ3) is 2.03. The molecule has 104 valence electrons. The van der Waals surface area contributed by atoms with Crippen LogP contribution in [0.1, 0.15) is 43.9 Å². The molecule has 4 aliphatic rings. The molecule has 3 N–H and O–H groups in total. The van der Waals surface area contributed by atoms with E-state index in [1.54, 1.807) is 6.26 Å². The summed E-state index contributed by atoms with van der Waals surface area (Å²) >= 11 is 0. The summed E-state index contributed by atoms with van der Waals surface area (Å²) in [6, 6.07) is 4.86. The van der Waals surface area contributed by atoms with Crippen molar-refractivity contribution in [3.8, 4) is 0 Å². The first-order chi connectivity index (χ1) is 9.33. The van der Waals surface area contributed by atoms with E-state index in [2.05, 4.69) is 5.32 Å². The maximum absolute atomic E-state index is 5.95. The van der Waals surface area contributed by atoms with Crippen molar-refractivity contribution in [2.45, 2.75) is 44.2 Å². The number of nitrogens with two attached hydrogens (primary N) is 1. The van der Waals surface area contributed by atoms with Gasteiger partial charge in [0.1, 0.15) is 5.76 Å². The minimum Gasteiger partial charge on any atom is -0.468 e. The highest BCUT2D eigenvalue weighted by Gasteiger charge is 2.48. The lowest BCUT2D eigenvalue weighted by Crippen LogP contribution is -2.55. The summed E-state index contributed by atoms with van der Waals surface area (Å²) in [6.07, 6.45) is 9.04. The van der Waals surface area contributed by atoms with Gasteiger partial charge >= 0.3 is 0 Å². The second-order valence-corrected chi connectivity index (χ2v) is 6.93. The van der Waals surface area contributed by atoms with E-state index in [-0.39, 0.29) is 6.04 Å². The van der Waals surface area contributed by atoms with E-state index in [1.807, 2.05) is 12.1 Å². The first kappa shape index (κ1) is 12.0. The summed E-state index contributed by atoms with van der Waals surface area (Å²) in [5, 5.41) is 3.83. The van der Waals surface area contributed by atoms with Crippen molar-refractivity contribution < 1.29 is 4.42 Å². The van der Waals surface area contributed by atoms with Gasteiger partial charge in [0.2, 0.25) is 0 Å². The van der Waals surface area contributed by atoms with Crippen LogP contribution in [0.5, 0.6) is 0 Å². The van der Waals surface area contributed by atoms with Gasteiger partial charge in [-0.2, -0.15) is 0 Å². The van der Waals surface area contributed by atoms with Crippen molar-refractivity contribution in [2.24, 2.45) is 29.4 Å². The molecule has 19 heavy (non-hydrogen) atoms. The highest BCUT2D eigenvalue weighted by atomic mass is 16.3. The van der Waals surface area contributed by atoms with Gasteiger partial charge in [0, 0.05) is 12.6 Å². The van der Waals surface area contributed by atoms with Gasteiger partial charge in [0.15, 0.2) is 0 Å². The third-order valence-electron chi connectivity index (χ3n) is 5.74. The van der Waals surface area contributed by atoms with Gasteiger partial charge in [-0.1, -0.05) is 0 Å². The summed E-state index contributed by atoms with van der Waals surface area (Å²) in [7, 11) is 0. The molecular weight excluding hydrogens is 236 g/mol. The summed E-state index contributed by atoms with van der Waals surface area (Å²) in [5.74, 6) is 4.83. The second-order valence-electron chi connectivity index (χ2n) is 6.93. The zero-order chi connectivity index (χ0) is 12.8. The van der Waals surface area contributed by atoms with Crippen LogP contribution in [0.25, 0.3) is 0 Å². The van der Waals surface area contributed by atoms with E-state index in [0.717, 1.165) is 29.4 Å². The molecule has 4 aliphatic carbocycles. The Bertz CT molecular complexity index is 400. The van der Waals surface area contributed by atoms with E-state index in [4.69, 9.17) is 10.2 Å². The Morgan fingerprint density at radius 3 is 2.37 bits per heavy atom. The molecule has 0 amide bonds. The van der Waals surface area contributed by atoms with Crippen molar-refractivity contribution in [1.29, 1.82) is 0 Å². The fourth-order valence-corrected chi connectivity index (χ4v) is 5.19. The fraction of sp³-hybridized carbons (Fsp3) is 0.750. The highest BCUT2D eigenvalue weighted by molar-refractivity contribution is 5.08. The molecule has 0 spiro atoms. The van der Waals surface area contributed by atoms with Crippen LogP contribution in [0.15, 0.2) is 22.8 Å². The molecule has 0 aromatic carbocycles. The summed E-state index contributed by atoms with van der Waals surface area (Å²) in [4.78, 5) is 0. The molecule has 3 nitrogen and oxygen atoms in total. The molecule has 1 atom stereocenters. The molecule has 0 aliphatic heterocycles. The second kappa shape index (κ2) is 4.64. The Balaban J connectivity index is 1.50. The lowest BCUT2D eigenvalue weighted by atomic mass is 9.54. The molecule has 1 heterocycles. The monoisotopic (exact) mass is 260 g/mol. The van der Waals surface area contributed by atoms with Crippen LogP contribution in [-0.2, 0) is 0 Å². The van der Waals surface area contributed by atoms with Gasteiger partial charge < -0.3 is 15.5 Å². The number of hydrogen-bond acceptors (Lipinski definition) is 3. The SMILES string of the molecule is NCC(NC1C2CC3CC(C2)CC1C3)c1ccco1. The third-order valence-corrected chi connectivity index (χ3v) is 5.74. The van der Waals surface area contributed by atoms with Crippen LogP contribution in [0.3, 0.4) is 0 Å². The molecule has 1 aromatic rings. The number of hydrogen-bond donors (Lipinski definition) is 2. The smallest absolute Gasteiger partial charge is 0.121 e. The lowest BCUT2D eigenvalue weighted by Gasteiger charge is -2.55. The highest BCUT2D eigenvalue weighted by Crippen LogP contribution is 2.54. The lowest BCUT2D eigenvalue weighted by molar-refractivity contribution is -0.0182. The Kier molecular flexibility index (Phi) is 2.92. The molecule has 4 fully saturated rings. The number of furan rings is 1. The fourth-order valence-electron chi connectivity index (χ4n) is 5.19. The van der Waals surface area contributed by atoms with Crippen molar-refractivity contribution in [2.75, 3.05) is 6.54 Å². The zero-order valence-electron chi connectivity index (χ0n) is 11.4. The van der Waals surface area contributed by atoms with Gasteiger partial charge in [-0.15, -0.1) is 0 Å². The Labute approximate surface area is 114 Å². The topological polar surface area (TPSA) is 51.2 Å². The van der Waals surface area contributed by atoms with Crippen molar-refractivity contribution in [3.05, 3.63) is 24.2 Å². The summed E-state index contributed by atoms with van der Waals surface area (Å²) in [5.41, 5.74) is 5.95. The molecule has 4 saturated carbocycles. The van der Waals surface area contributed by atoms with Gasteiger partial charge in [-0.3, -0.25) is 0 Å². The molecule has 1 unspecified atom stereocenters. The Morgan fingerprint density at radius 2 is 1.84 bits per heavy atom. The van der Waals surface area contributed by atoms with E-state index >= 15 is 0 Å². The maximum Gasteiger partial charge on any atom is 0.121 e. The van der Waals surface area contributed by atoms with Crippen LogP contribution in [0.4, 0.5) is 0 Å². The molecular formula is C16H24N2O. The maximum atomic E-state index is 5.95. The first-order valence-electron chi connectivity index (χ1n) is 7.83. The van der Waals surface area contributed by atoms with Crippen molar-refractivity contribution in [1.82, 2.24) is 5.32 Å². The van der Waals surface area contributed by atoms with E-state index in [0.29, 0.717) is 12.6 Å². The summed E-state index contributed by atoms with van der Waals surface area (Å²) < 4.78 is 5.54.